The molecule has 9 aromatic rings. The van der Waals surface area contributed by atoms with Gasteiger partial charge in [-0.15, -0.1) is 0 Å². The molecule has 0 aliphatic heterocycles. The largest absolute Gasteiger partial charge is 0.333 e. The predicted molar refractivity (Wildman–Crippen MR) is 253 cm³/mol. The van der Waals surface area contributed by atoms with E-state index >= 15 is 0 Å². The first-order valence-corrected chi connectivity index (χ1v) is 20.9. The normalized spacial score (nSPS) is 13.6. The third-order valence-corrected chi connectivity index (χ3v) is 12.3. The standard InChI is InChI=1S/C55H43BrN2/c1-36-13-24-45(25-14-36)57(48-30-21-40-32-38(3)12-17-42(40)34-48)46-28-19-39(20-29-46)54-50-8-4-6-10-52(50)55(53-11-7-5-9-51(53)54)58(47-26-15-37(2)16-27-47)49-31-22-41-33-44(56)23-18-43(41)35-49/h4-34,49H,35H2,1-3H3. The quantitative estimate of drug-likeness (QED) is 0.148. The highest BCUT2D eigenvalue weighted by atomic mass is 79.9. The lowest BCUT2D eigenvalue weighted by atomic mass is 9.88. The van der Waals surface area contributed by atoms with Crippen molar-refractivity contribution >= 4 is 82.8 Å². The SMILES string of the molecule is Cc1ccc(N(c2ccc(-c3c4ccccc4c(N(c4ccc(C)cc4)C4C=Cc5cc(Br)ccc5C4)c4ccccc34)cc2)c2ccc3cc(C)ccc3c2)cc1. The van der Waals surface area contributed by atoms with E-state index in [9.17, 15) is 0 Å². The fourth-order valence-corrected chi connectivity index (χ4v) is 9.25. The molecule has 10 rings (SSSR count). The van der Waals surface area contributed by atoms with Gasteiger partial charge in [0.25, 0.3) is 0 Å². The summed E-state index contributed by atoms with van der Waals surface area (Å²) in [6, 6.07) is 65.3. The van der Waals surface area contributed by atoms with E-state index in [1.165, 1.54) is 82.6 Å². The van der Waals surface area contributed by atoms with Crippen molar-refractivity contribution in [2.45, 2.75) is 33.2 Å². The zero-order chi connectivity index (χ0) is 39.3. The maximum atomic E-state index is 3.69. The molecule has 0 N–H and O–H groups in total. The Morgan fingerprint density at radius 3 is 1.67 bits per heavy atom. The van der Waals surface area contributed by atoms with E-state index < -0.39 is 0 Å². The number of rotatable bonds is 7. The number of nitrogens with zero attached hydrogens (tertiary/aromatic N) is 2. The van der Waals surface area contributed by atoms with Crippen LogP contribution in [-0.2, 0) is 6.42 Å². The van der Waals surface area contributed by atoms with Crippen LogP contribution in [0.3, 0.4) is 0 Å². The summed E-state index contributed by atoms with van der Waals surface area (Å²) in [5.74, 6) is 0. The third-order valence-electron chi connectivity index (χ3n) is 11.8. The van der Waals surface area contributed by atoms with Crippen LogP contribution in [0.2, 0.25) is 0 Å². The smallest absolute Gasteiger partial charge is 0.0576 e. The lowest BCUT2D eigenvalue weighted by Crippen LogP contribution is -2.33. The Labute approximate surface area is 349 Å². The molecule has 2 nitrogen and oxygen atoms in total. The Hall–Kier alpha value is -6.42. The molecular formula is C55H43BrN2. The van der Waals surface area contributed by atoms with Crippen molar-refractivity contribution in [2.24, 2.45) is 0 Å². The second kappa shape index (κ2) is 14.8. The first kappa shape index (κ1) is 36.0. The summed E-state index contributed by atoms with van der Waals surface area (Å²) in [6.45, 7) is 6.46. The molecule has 0 radical (unpaired) electrons. The number of aryl methyl sites for hydroxylation is 3. The topological polar surface area (TPSA) is 6.48 Å². The molecule has 58 heavy (non-hydrogen) atoms. The van der Waals surface area contributed by atoms with Crippen LogP contribution in [0, 0.1) is 20.8 Å². The van der Waals surface area contributed by atoms with Gasteiger partial charge >= 0.3 is 0 Å². The van der Waals surface area contributed by atoms with Gasteiger partial charge in [-0.25, -0.2) is 0 Å². The average molecular weight is 812 g/mol. The van der Waals surface area contributed by atoms with Crippen molar-refractivity contribution in [3.63, 3.8) is 0 Å². The van der Waals surface area contributed by atoms with E-state index in [-0.39, 0.29) is 6.04 Å². The molecule has 0 heterocycles. The predicted octanol–water partition coefficient (Wildman–Crippen LogP) is 15.7. The zero-order valence-electron chi connectivity index (χ0n) is 33.0. The molecule has 0 bridgehead atoms. The van der Waals surface area contributed by atoms with Crippen LogP contribution in [0.25, 0.3) is 49.5 Å². The Kier molecular flexibility index (Phi) is 9.19. The van der Waals surface area contributed by atoms with Gasteiger partial charge in [0.05, 0.1) is 11.7 Å². The van der Waals surface area contributed by atoms with Crippen LogP contribution < -0.4 is 9.80 Å². The maximum absolute atomic E-state index is 3.69. The van der Waals surface area contributed by atoms with Gasteiger partial charge in [0.15, 0.2) is 0 Å². The molecule has 1 aliphatic rings. The second-order valence-corrected chi connectivity index (χ2v) is 16.7. The van der Waals surface area contributed by atoms with Crippen LogP contribution in [0.4, 0.5) is 28.4 Å². The van der Waals surface area contributed by atoms with Gasteiger partial charge in [0.2, 0.25) is 0 Å². The van der Waals surface area contributed by atoms with E-state index in [0.717, 1.165) is 28.0 Å². The van der Waals surface area contributed by atoms with Crippen LogP contribution >= 0.6 is 15.9 Å². The van der Waals surface area contributed by atoms with Crippen molar-refractivity contribution in [3.8, 4) is 11.1 Å². The minimum absolute atomic E-state index is 0.125. The van der Waals surface area contributed by atoms with Crippen molar-refractivity contribution in [3.05, 3.63) is 214 Å². The number of fused-ring (bicyclic) bond motifs is 4. The first-order valence-electron chi connectivity index (χ1n) is 20.1. The zero-order valence-corrected chi connectivity index (χ0v) is 34.5. The molecular weight excluding hydrogens is 769 g/mol. The lowest BCUT2D eigenvalue weighted by Gasteiger charge is -2.36. The van der Waals surface area contributed by atoms with Gasteiger partial charge in [-0.3, -0.25) is 0 Å². The van der Waals surface area contributed by atoms with Crippen LogP contribution in [-0.4, -0.2) is 6.04 Å². The minimum Gasteiger partial charge on any atom is -0.333 e. The lowest BCUT2D eigenvalue weighted by molar-refractivity contribution is 0.770. The van der Waals surface area contributed by atoms with E-state index in [1.54, 1.807) is 0 Å². The first-order chi connectivity index (χ1) is 28.4. The fourth-order valence-electron chi connectivity index (χ4n) is 8.87. The highest BCUT2D eigenvalue weighted by Gasteiger charge is 2.27. The summed E-state index contributed by atoms with van der Waals surface area (Å²) in [4.78, 5) is 4.96. The molecule has 0 spiro atoms. The molecule has 1 aliphatic carbocycles. The summed E-state index contributed by atoms with van der Waals surface area (Å²) in [5, 5.41) is 7.45. The van der Waals surface area contributed by atoms with Crippen LogP contribution in [0.1, 0.15) is 27.8 Å². The van der Waals surface area contributed by atoms with Gasteiger partial charge in [0, 0.05) is 38.0 Å². The summed E-state index contributed by atoms with van der Waals surface area (Å²) < 4.78 is 1.11. The minimum atomic E-state index is 0.125. The Balaban J connectivity index is 1.13. The van der Waals surface area contributed by atoms with Gasteiger partial charge in [-0.05, 0) is 132 Å². The Morgan fingerprint density at radius 1 is 0.483 bits per heavy atom. The van der Waals surface area contributed by atoms with E-state index in [2.05, 4.69) is 235 Å². The van der Waals surface area contributed by atoms with E-state index in [4.69, 9.17) is 0 Å². The Bertz CT molecular complexity index is 2960. The number of hydrogen-bond acceptors (Lipinski definition) is 2. The summed E-state index contributed by atoms with van der Waals surface area (Å²) in [6.07, 6.45) is 5.60. The Morgan fingerprint density at radius 2 is 1.02 bits per heavy atom. The number of halogens is 1. The van der Waals surface area contributed by atoms with E-state index in [1.807, 2.05) is 0 Å². The molecule has 0 saturated heterocycles. The molecule has 0 saturated carbocycles. The van der Waals surface area contributed by atoms with Crippen molar-refractivity contribution in [2.75, 3.05) is 9.80 Å². The molecule has 0 aromatic heterocycles. The number of hydrogen-bond donors (Lipinski definition) is 0. The molecule has 0 amide bonds. The summed E-state index contributed by atoms with van der Waals surface area (Å²) in [7, 11) is 0. The molecule has 0 fully saturated rings. The van der Waals surface area contributed by atoms with Crippen molar-refractivity contribution in [1.29, 1.82) is 0 Å². The highest BCUT2D eigenvalue weighted by molar-refractivity contribution is 9.10. The molecule has 3 heteroatoms. The van der Waals surface area contributed by atoms with Gasteiger partial charge in [0.1, 0.15) is 0 Å². The van der Waals surface area contributed by atoms with Crippen molar-refractivity contribution in [1.82, 2.24) is 0 Å². The molecule has 1 unspecified atom stereocenters. The van der Waals surface area contributed by atoms with Crippen LogP contribution in [0.15, 0.2) is 186 Å². The average Bonchev–Trinajstić information content (AvgIpc) is 3.25. The monoisotopic (exact) mass is 810 g/mol. The fraction of sp³-hybridized carbons (Fsp3) is 0.0909. The number of benzene rings is 9. The number of anilines is 5. The summed E-state index contributed by atoms with van der Waals surface area (Å²) in [5.41, 5.74) is 14.7. The van der Waals surface area contributed by atoms with Crippen molar-refractivity contribution < 1.29 is 0 Å². The van der Waals surface area contributed by atoms with Crippen LogP contribution in [0.5, 0.6) is 0 Å². The second-order valence-electron chi connectivity index (χ2n) is 15.7. The van der Waals surface area contributed by atoms with Gasteiger partial charge in [-0.2, -0.15) is 0 Å². The van der Waals surface area contributed by atoms with Gasteiger partial charge in [-0.1, -0.05) is 160 Å². The third kappa shape index (κ3) is 6.56. The highest BCUT2D eigenvalue weighted by Crippen LogP contribution is 2.48. The summed E-state index contributed by atoms with van der Waals surface area (Å²) >= 11 is 3.69. The molecule has 280 valence electrons. The molecule has 9 aromatic carbocycles. The van der Waals surface area contributed by atoms with E-state index in [0.29, 0.717) is 0 Å². The van der Waals surface area contributed by atoms with Gasteiger partial charge < -0.3 is 9.80 Å². The maximum Gasteiger partial charge on any atom is 0.0576 e. The molecule has 1 atom stereocenters.